The molecule has 0 spiro atoms. The summed E-state index contributed by atoms with van der Waals surface area (Å²) >= 11 is 0. The molecule has 2 aromatic rings. The van der Waals surface area contributed by atoms with Crippen LogP contribution in [-0.2, 0) is 24.3 Å². The van der Waals surface area contributed by atoms with Crippen LogP contribution in [0.4, 0.5) is 0 Å². The summed E-state index contributed by atoms with van der Waals surface area (Å²) in [5.74, 6) is 1.10. The van der Waals surface area contributed by atoms with Gasteiger partial charge in [0.25, 0.3) is 11.5 Å². The molecule has 1 amide bonds. The molecule has 0 unspecified atom stereocenters. The van der Waals surface area contributed by atoms with Crippen molar-refractivity contribution < 1.29 is 13.9 Å². The third-order valence-corrected chi connectivity index (χ3v) is 4.81. The molecule has 0 aromatic carbocycles. The van der Waals surface area contributed by atoms with E-state index in [1.165, 1.54) is 0 Å². The maximum Gasteiger partial charge on any atom is 0.263 e. The number of amides is 1. The van der Waals surface area contributed by atoms with Crippen LogP contribution in [0.2, 0.25) is 0 Å². The molecule has 4 rings (SSSR count). The molecule has 1 aliphatic heterocycles. The van der Waals surface area contributed by atoms with Crippen molar-refractivity contribution in [3.63, 3.8) is 0 Å². The van der Waals surface area contributed by atoms with Gasteiger partial charge in [0, 0.05) is 32.3 Å². The second-order valence-corrected chi connectivity index (χ2v) is 6.70. The SMILES string of the molecule is COCc1nc2c(o1)CCN(C(=O)c1c(C)ccn(C3CC3)c1=O)C2. The second kappa shape index (κ2) is 6.15. The summed E-state index contributed by atoms with van der Waals surface area (Å²) in [5.41, 5.74) is 1.57. The van der Waals surface area contributed by atoms with Crippen LogP contribution in [0.3, 0.4) is 0 Å². The molecule has 0 saturated heterocycles. The lowest BCUT2D eigenvalue weighted by atomic mass is 10.1. The molecule has 1 fully saturated rings. The predicted octanol–water partition coefficient (Wildman–Crippen LogP) is 1.82. The zero-order valence-corrected chi connectivity index (χ0v) is 14.4. The van der Waals surface area contributed by atoms with E-state index in [0.717, 1.165) is 29.9 Å². The number of hydrogen-bond donors (Lipinski definition) is 0. The predicted molar refractivity (Wildman–Crippen MR) is 89.4 cm³/mol. The number of ether oxygens (including phenoxy) is 1. The third-order valence-electron chi connectivity index (χ3n) is 4.81. The Morgan fingerprint density at radius 2 is 2.24 bits per heavy atom. The van der Waals surface area contributed by atoms with Crippen LogP contribution in [-0.4, -0.2) is 34.0 Å². The Bertz CT molecular complexity index is 879. The minimum absolute atomic E-state index is 0.182. The van der Waals surface area contributed by atoms with Crippen LogP contribution in [0.5, 0.6) is 0 Å². The molecule has 132 valence electrons. The molecule has 2 aromatic heterocycles. The van der Waals surface area contributed by atoms with Crippen LogP contribution in [0.1, 0.15) is 52.1 Å². The number of aromatic nitrogens is 2. The molecule has 1 aliphatic carbocycles. The highest BCUT2D eigenvalue weighted by Crippen LogP contribution is 2.33. The monoisotopic (exact) mass is 343 g/mol. The van der Waals surface area contributed by atoms with E-state index >= 15 is 0 Å². The molecule has 3 heterocycles. The number of nitrogens with zero attached hydrogens (tertiary/aromatic N) is 3. The summed E-state index contributed by atoms with van der Waals surface area (Å²) in [4.78, 5) is 31.8. The fourth-order valence-corrected chi connectivity index (χ4v) is 3.31. The van der Waals surface area contributed by atoms with Crippen LogP contribution in [0.15, 0.2) is 21.5 Å². The summed E-state index contributed by atoms with van der Waals surface area (Å²) in [6.45, 7) is 3.00. The van der Waals surface area contributed by atoms with Crippen molar-refractivity contribution in [1.82, 2.24) is 14.5 Å². The molecule has 0 radical (unpaired) electrons. The molecule has 0 atom stereocenters. The van der Waals surface area contributed by atoms with Crippen molar-refractivity contribution in [3.05, 3.63) is 51.1 Å². The van der Waals surface area contributed by atoms with Crippen LogP contribution >= 0.6 is 0 Å². The van der Waals surface area contributed by atoms with Gasteiger partial charge in [-0.25, -0.2) is 4.98 Å². The van der Waals surface area contributed by atoms with Gasteiger partial charge in [-0.05, 0) is 31.4 Å². The number of hydrogen-bond acceptors (Lipinski definition) is 5. The first kappa shape index (κ1) is 16.1. The second-order valence-electron chi connectivity index (χ2n) is 6.70. The van der Waals surface area contributed by atoms with Crippen molar-refractivity contribution in [1.29, 1.82) is 0 Å². The van der Waals surface area contributed by atoms with Gasteiger partial charge in [-0.3, -0.25) is 9.59 Å². The van der Waals surface area contributed by atoms with Crippen molar-refractivity contribution in [2.45, 2.75) is 45.4 Å². The van der Waals surface area contributed by atoms with Gasteiger partial charge in [0.2, 0.25) is 5.89 Å². The van der Waals surface area contributed by atoms with Crippen LogP contribution in [0.25, 0.3) is 0 Å². The minimum atomic E-state index is -0.223. The van der Waals surface area contributed by atoms with Gasteiger partial charge in [-0.1, -0.05) is 0 Å². The van der Waals surface area contributed by atoms with Gasteiger partial charge in [-0.2, -0.15) is 0 Å². The summed E-state index contributed by atoms with van der Waals surface area (Å²) in [6, 6.07) is 2.11. The lowest BCUT2D eigenvalue weighted by Gasteiger charge is -2.26. The smallest absolute Gasteiger partial charge is 0.263 e. The number of methoxy groups -OCH3 is 1. The fraction of sp³-hybridized carbons (Fsp3) is 0.500. The molecular formula is C18H21N3O4. The van der Waals surface area contributed by atoms with Crippen molar-refractivity contribution in [3.8, 4) is 0 Å². The van der Waals surface area contributed by atoms with E-state index in [4.69, 9.17) is 9.15 Å². The Balaban J connectivity index is 1.61. The third kappa shape index (κ3) is 2.89. The topological polar surface area (TPSA) is 77.6 Å². The summed E-state index contributed by atoms with van der Waals surface area (Å²) in [5, 5.41) is 0. The molecule has 2 aliphatic rings. The number of pyridine rings is 1. The molecule has 0 N–H and O–H groups in total. The van der Waals surface area contributed by atoms with E-state index in [1.54, 1.807) is 22.8 Å². The summed E-state index contributed by atoms with van der Waals surface area (Å²) < 4.78 is 12.4. The minimum Gasteiger partial charge on any atom is -0.443 e. The average molecular weight is 343 g/mol. The Morgan fingerprint density at radius 1 is 1.44 bits per heavy atom. The zero-order valence-electron chi connectivity index (χ0n) is 14.4. The number of carbonyl (C=O) groups is 1. The van der Waals surface area contributed by atoms with Gasteiger partial charge in [-0.15, -0.1) is 0 Å². The summed E-state index contributed by atoms with van der Waals surface area (Å²) in [6.07, 6.45) is 4.41. The first-order valence-electron chi connectivity index (χ1n) is 8.56. The van der Waals surface area contributed by atoms with Gasteiger partial charge in [0.1, 0.15) is 23.6 Å². The first-order chi connectivity index (χ1) is 12.1. The lowest BCUT2D eigenvalue weighted by molar-refractivity contribution is 0.0724. The highest BCUT2D eigenvalue weighted by molar-refractivity contribution is 5.95. The average Bonchev–Trinajstić information content (AvgIpc) is 3.34. The normalized spacial score (nSPS) is 16.8. The first-order valence-corrected chi connectivity index (χ1v) is 8.56. The quantitative estimate of drug-likeness (QED) is 0.846. The number of aryl methyl sites for hydroxylation is 1. The number of oxazole rings is 1. The van der Waals surface area contributed by atoms with Crippen molar-refractivity contribution in [2.75, 3.05) is 13.7 Å². The van der Waals surface area contributed by atoms with Gasteiger partial charge < -0.3 is 18.6 Å². The zero-order chi connectivity index (χ0) is 17.6. The van der Waals surface area contributed by atoms with E-state index in [-0.39, 0.29) is 23.1 Å². The Hall–Kier alpha value is -2.41. The number of fused-ring (bicyclic) bond motifs is 1. The van der Waals surface area contributed by atoms with E-state index in [1.807, 2.05) is 13.0 Å². The van der Waals surface area contributed by atoms with Crippen LogP contribution < -0.4 is 5.56 Å². The Morgan fingerprint density at radius 3 is 2.96 bits per heavy atom. The van der Waals surface area contributed by atoms with Crippen molar-refractivity contribution >= 4 is 5.91 Å². The molecule has 7 nitrogen and oxygen atoms in total. The molecule has 25 heavy (non-hydrogen) atoms. The van der Waals surface area contributed by atoms with E-state index in [2.05, 4.69) is 4.98 Å². The molecule has 1 saturated carbocycles. The van der Waals surface area contributed by atoms with Crippen molar-refractivity contribution in [2.24, 2.45) is 0 Å². The highest BCUT2D eigenvalue weighted by atomic mass is 16.5. The van der Waals surface area contributed by atoms with Crippen LogP contribution in [0, 0.1) is 6.92 Å². The molecule has 7 heteroatoms. The standard InChI is InChI=1S/C18H21N3O4/c1-11-5-8-21(12-3-4-12)18(23)16(11)17(22)20-7-6-14-13(9-20)19-15(25-14)10-24-2/h5,8,12H,3-4,6-7,9-10H2,1-2H3. The molecule has 0 bridgehead atoms. The lowest BCUT2D eigenvalue weighted by Crippen LogP contribution is -2.40. The van der Waals surface area contributed by atoms with Gasteiger partial charge in [0.05, 0.1) is 6.54 Å². The van der Waals surface area contributed by atoms with Gasteiger partial charge in [0.15, 0.2) is 0 Å². The van der Waals surface area contributed by atoms with E-state index in [9.17, 15) is 9.59 Å². The van der Waals surface area contributed by atoms with E-state index < -0.39 is 0 Å². The Labute approximate surface area is 145 Å². The highest BCUT2D eigenvalue weighted by Gasteiger charge is 2.31. The molecular weight excluding hydrogens is 322 g/mol. The largest absolute Gasteiger partial charge is 0.443 e. The fourth-order valence-electron chi connectivity index (χ4n) is 3.31. The number of rotatable bonds is 4. The number of carbonyl (C=O) groups excluding carboxylic acids is 1. The van der Waals surface area contributed by atoms with Gasteiger partial charge >= 0.3 is 0 Å². The Kier molecular flexibility index (Phi) is 3.95. The van der Waals surface area contributed by atoms with E-state index in [0.29, 0.717) is 32.0 Å². The maximum absolute atomic E-state index is 13.0. The maximum atomic E-state index is 13.0. The summed E-state index contributed by atoms with van der Waals surface area (Å²) in [7, 11) is 1.59.